The number of rotatable bonds is 2. The van der Waals surface area contributed by atoms with Crippen molar-refractivity contribution in [1.29, 1.82) is 0 Å². The fourth-order valence-electron chi connectivity index (χ4n) is 3.99. The zero-order chi connectivity index (χ0) is 15.7. The van der Waals surface area contributed by atoms with Gasteiger partial charge >= 0.3 is 0 Å². The predicted octanol–water partition coefficient (Wildman–Crippen LogP) is 1.19. The highest BCUT2D eigenvalue weighted by Crippen LogP contribution is 2.57. The van der Waals surface area contributed by atoms with Gasteiger partial charge in [-0.2, -0.15) is 0 Å². The number of nitrogens with zero attached hydrogens (tertiary/aromatic N) is 1. The summed E-state index contributed by atoms with van der Waals surface area (Å²) in [4.78, 5) is 26.9. The molecule has 114 valence electrons. The van der Waals surface area contributed by atoms with Gasteiger partial charge in [-0.05, 0) is 26.0 Å². The first kappa shape index (κ1) is 13.7. The van der Waals surface area contributed by atoms with Gasteiger partial charge in [0, 0.05) is 0 Å². The number of anilines is 1. The average molecular weight is 299 g/mol. The maximum atomic E-state index is 12.9. The lowest BCUT2D eigenvalue weighted by Gasteiger charge is -2.26. The van der Waals surface area contributed by atoms with Crippen molar-refractivity contribution in [2.45, 2.75) is 25.0 Å². The molecule has 5 nitrogen and oxygen atoms in total. The maximum absolute atomic E-state index is 12.9. The molecule has 3 heterocycles. The second-order valence-electron chi connectivity index (χ2n) is 6.54. The van der Waals surface area contributed by atoms with Crippen LogP contribution in [0.4, 0.5) is 5.69 Å². The minimum atomic E-state index is -1.06. The smallest absolute Gasteiger partial charge is 0.241 e. The molecule has 1 N–H and O–H groups in total. The van der Waals surface area contributed by atoms with Gasteiger partial charge in [-0.3, -0.25) is 9.59 Å². The van der Waals surface area contributed by atoms with Gasteiger partial charge in [0.25, 0.3) is 0 Å². The number of fused-ring (bicyclic) bond motifs is 5. The summed E-state index contributed by atoms with van der Waals surface area (Å²) in [6, 6.07) is 7.29. The molecule has 3 aliphatic heterocycles. The van der Waals surface area contributed by atoms with Crippen LogP contribution in [-0.4, -0.2) is 34.7 Å². The summed E-state index contributed by atoms with van der Waals surface area (Å²) in [7, 11) is 0. The van der Waals surface area contributed by atoms with E-state index >= 15 is 0 Å². The van der Waals surface area contributed by atoms with Gasteiger partial charge in [0.1, 0.15) is 5.60 Å². The molecule has 2 amide bonds. The van der Waals surface area contributed by atoms with Gasteiger partial charge in [-0.25, -0.2) is 4.90 Å². The molecule has 0 aromatic heterocycles. The first-order valence-electron chi connectivity index (χ1n) is 7.38. The maximum Gasteiger partial charge on any atom is 0.241 e. The molecule has 0 unspecified atom stereocenters. The van der Waals surface area contributed by atoms with Crippen LogP contribution in [-0.2, 0) is 14.3 Å². The summed E-state index contributed by atoms with van der Waals surface area (Å²) < 4.78 is 5.88. The molecule has 2 saturated heterocycles. The van der Waals surface area contributed by atoms with Crippen LogP contribution in [0.3, 0.4) is 0 Å². The van der Waals surface area contributed by atoms with Crippen molar-refractivity contribution in [2.75, 3.05) is 11.5 Å². The molecule has 0 spiro atoms. The van der Waals surface area contributed by atoms with E-state index in [0.29, 0.717) is 5.69 Å². The SMILES string of the molecule is Cc1ccc(N2C(=O)[C@@H]3[C@H](C2=O)[C@@]2(CO)C=C[C@@]3(C)O2)cc1. The Labute approximate surface area is 128 Å². The van der Waals surface area contributed by atoms with Gasteiger partial charge in [0.15, 0.2) is 0 Å². The molecular formula is C17H17NO4. The second-order valence-corrected chi connectivity index (χ2v) is 6.54. The first-order valence-corrected chi connectivity index (χ1v) is 7.38. The third-order valence-electron chi connectivity index (χ3n) is 5.10. The number of hydrogen-bond acceptors (Lipinski definition) is 4. The average Bonchev–Trinajstić information content (AvgIpc) is 3.07. The van der Waals surface area contributed by atoms with E-state index < -0.39 is 23.0 Å². The Morgan fingerprint density at radius 2 is 1.77 bits per heavy atom. The van der Waals surface area contributed by atoms with Crippen molar-refractivity contribution in [3.63, 3.8) is 0 Å². The lowest BCUT2D eigenvalue weighted by molar-refractivity contribution is -0.131. The molecule has 5 heteroatoms. The standard InChI is InChI=1S/C17H17NO4/c1-10-3-5-11(6-4-10)18-14(20)12-13(15(18)21)17(9-19)8-7-16(12,2)22-17/h3-8,12-13,19H,9H2,1-2H3/t12-,13+,16+,17-/m0/s1. The van der Waals surface area contributed by atoms with E-state index in [-0.39, 0.29) is 18.4 Å². The lowest BCUT2D eigenvalue weighted by Crippen LogP contribution is -2.43. The summed E-state index contributed by atoms with van der Waals surface area (Å²) >= 11 is 0. The van der Waals surface area contributed by atoms with Gasteiger partial charge in [-0.15, -0.1) is 0 Å². The van der Waals surface area contributed by atoms with Crippen molar-refractivity contribution < 1.29 is 19.4 Å². The molecule has 3 aliphatic rings. The Balaban J connectivity index is 1.80. The monoisotopic (exact) mass is 299 g/mol. The number of hydrogen-bond donors (Lipinski definition) is 1. The van der Waals surface area contributed by atoms with E-state index in [9.17, 15) is 14.7 Å². The van der Waals surface area contributed by atoms with Crippen LogP contribution in [0.1, 0.15) is 12.5 Å². The van der Waals surface area contributed by atoms with Crippen LogP contribution in [0.25, 0.3) is 0 Å². The minimum absolute atomic E-state index is 0.249. The summed E-state index contributed by atoms with van der Waals surface area (Å²) in [6.45, 7) is 3.45. The molecular weight excluding hydrogens is 282 g/mol. The molecule has 0 aliphatic carbocycles. The number of carbonyl (C=O) groups is 2. The number of ether oxygens (including phenoxy) is 1. The van der Waals surface area contributed by atoms with Crippen LogP contribution < -0.4 is 4.90 Å². The van der Waals surface area contributed by atoms with Crippen molar-refractivity contribution >= 4 is 17.5 Å². The van der Waals surface area contributed by atoms with E-state index in [4.69, 9.17) is 4.74 Å². The number of aliphatic hydroxyl groups is 1. The number of carbonyl (C=O) groups excluding carboxylic acids is 2. The zero-order valence-electron chi connectivity index (χ0n) is 12.4. The Morgan fingerprint density at radius 1 is 1.14 bits per heavy atom. The van der Waals surface area contributed by atoms with Crippen LogP contribution in [0, 0.1) is 18.8 Å². The Bertz CT molecular complexity index is 710. The second kappa shape index (κ2) is 4.06. The number of aliphatic hydroxyl groups excluding tert-OH is 1. The first-order chi connectivity index (χ1) is 10.4. The van der Waals surface area contributed by atoms with E-state index in [0.717, 1.165) is 5.56 Å². The van der Waals surface area contributed by atoms with Crippen molar-refractivity contribution in [2.24, 2.45) is 11.8 Å². The zero-order valence-corrected chi connectivity index (χ0v) is 12.4. The highest BCUT2D eigenvalue weighted by molar-refractivity contribution is 6.23. The normalized spacial score (nSPS) is 39.0. The Morgan fingerprint density at radius 3 is 2.41 bits per heavy atom. The fraction of sp³-hybridized carbons (Fsp3) is 0.412. The molecule has 1 aromatic carbocycles. The summed E-state index contributed by atoms with van der Waals surface area (Å²) in [6.07, 6.45) is 3.53. The third-order valence-corrected chi connectivity index (χ3v) is 5.10. The minimum Gasteiger partial charge on any atom is -0.393 e. The fourth-order valence-corrected chi connectivity index (χ4v) is 3.99. The van der Waals surface area contributed by atoms with E-state index in [1.54, 1.807) is 31.2 Å². The van der Waals surface area contributed by atoms with E-state index in [1.807, 2.05) is 19.1 Å². The lowest BCUT2D eigenvalue weighted by atomic mass is 9.73. The summed E-state index contributed by atoms with van der Waals surface area (Å²) in [5.41, 5.74) is -0.247. The molecule has 22 heavy (non-hydrogen) atoms. The molecule has 0 saturated carbocycles. The molecule has 2 fully saturated rings. The van der Waals surface area contributed by atoms with Crippen LogP contribution in [0.15, 0.2) is 36.4 Å². The van der Waals surface area contributed by atoms with Gasteiger partial charge < -0.3 is 9.84 Å². The molecule has 0 radical (unpaired) electrons. The molecule has 1 aromatic rings. The molecule has 2 bridgehead atoms. The van der Waals surface area contributed by atoms with Crippen molar-refractivity contribution in [3.8, 4) is 0 Å². The highest BCUT2D eigenvalue weighted by atomic mass is 16.5. The number of imide groups is 1. The topological polar surface area (TPSA) is 66.8 Å². The number of aryl methyl sites for hydroxylation is 1. The Kier molecular flexibility index (Phi) is 2.52. The molecule has 4 rings (SSSR count). The molecule has 4 atom stereocenters. The van der Waals surface area contributed by atoms with Crippen LogP contribution >= 0.6 is 0 Å². The van der Waals surface area contributed by atoms with Gasteiger partial charge in [0.2, 0.25) is 11.8 Å². The van der Waals surface area contributed by atoms with Crippen LogP contribution in [0.2, 0.25) is 0 Å². The number of benzene rings is 1. The van der Waals surface area contributed by atoms with Crippen molar-refractivity contribution in [1.82, 2.24) is 0 Å². The quantitative estimate of drug-likeness (QED) is 0.658. The summed E-state index contributed by atoms with van der Waals surface area (Å²) in [5, 5.41) is 9.74. The van der Waals surface area contributed by atoms with Crippen molar-refractivity contribution in [3.05, 3.63) is 42.0 Å². The Hall–Kier alpha value is -1.98. The largest absolute Gasteiger partial charge is 0.393 e. The number of amides is 2. The third kappa shape index (κ3) is 1.45. The van der Waals surface area contributed by atoms with Gasteiger partial charge in [-0.1, -0.05) is 29.8 Å². The highest BCUT2D eigenvalue weighted by Gasteiger charge is 2.72. The van der Waals surface area contributed by atoms with E-state index in [1.165, 1.54) is 4.90 Å². The summed E-state index contributed by atoms with van der Waals surface area (Å²) in [5.74, 6) is -1.76. The van der Waals surface area contributed by atoms with E-state index in [2.05, 4.69) is 0 Å². The van der Waals surface area contributed by atoms with Crippen LogP contribution in [0.5, 0.6) is 0 Å². The van der Waals surface area contributed by atoms with Gasteiger partial charge in [0.05, 0.1) is 29.7 Å². The predicted molar refractivity (Wildman–Crippen MR) is 79.1 cm³/mol.